The van der Waals surface area contributed by atoms with Crippen LogP contribution in [0.4, 0.5) is 0 Å². The molecule has 0 aromatic heterocycles. The van der Waals surface area contributed by atoms with Crippen LogP contribution in [0.25, 0.3) is 0 Å². The highest BCUT2D eigenvalue weighted by molar-refractivity contribution is 7.89. The summed E-state index contributed by atoms with van der Waals surface area (Å²) >= 11 is 6.31. The van der Waals surface area contributed by atoms with E-state index in [0.717, 1.165) is 37.0 Å². The third-order valence-corrected chi connectivity index (χ3v) is 8.75. The minimum absolute atomic E-state index is 0.0104. The number of rotatable bonds is 5. The maximum atomic E-state index is 13.4. The van der Waals surface area contributed by atoms with Crippen molar-refractivity contribution in [2.75, 3.05) is 26.7 Å². The van der Waals surface area contributed by atoms with Crippen LogP contribution in [0.3, 0.4) is 0 Å². The van der Waals surface area contributed by atoms with E-state index in [1.807, 2.05) is 29.2 Å². The van der Waals surface area contributed by atoms with Crippen LogP contribution in [-0.4, -0.2) is 50.3 Å². The van der Waals surface area contributed by atoms with E-state index < -0.39 is 10.0 Å². The first-order valence-electron chi connectivity index (χ1n) is 11.1. The Balaban J connectivity index is 1.63. The van der Waals surface area contributed by atoms with Gasteiger partial charge in [-0.05, 0) is 67.5 Å². The third-order valence-electron chi connectivity index (χ3n) is 6.41. The van der Waals surface area contributed by atoms with Gasteiger partial charge in [-0.1, -0.05) is 30.7 Å². The van der Waals surface area contributed by atoms with E-state index in [0.29, 0.717) is 31.1 Å². The Bertz CT molecular complexity index is 1100. The van der Waals surface area contributed by atoms with Crippen molar-refractivity contribution < 1.29 is 17.9 Å². The number of amides is 1. The van der Waals surface area contributed by atoms with Gasteiger partial charge in [0.1, 0.15) is 10.6 Å². The van der Waals surface area contributed by atoms with Crippen LogP contribution in [0.15, 0.2) is 47.4 Å². The number of carbonyl (C=O) groups is 1. The molecule has 2 aliphatic rings. The van der Waals surface area contributed by atoms with Crippen LogP contribution in [0, 0.1) is 5.92 Å². The van der Waals surface area contributed by atoms with Crippen molar-refractivity contribution in [1.82, 2.24) is 9.21 Å². The van der Waals surface area contributed by atoms with E-state index >= 15 is 0 Å². The van der Waals surface area contributed by atoms with Gasteiger partial charge in [0.25, 0.3) is 5.91 Å². The average Bonchev–Trinajstić information content (AvgIpc) is 3.29. The lowest BCUT2D eigenvalue weighted by Gasteiger charge is -2.30. The van der Waals surface area contributed by atoms with Crippen LogP contribution >= 0.6 is 11.6 Å². The Labute approximate surface area is 195 Å². The minimum Gasteiger partial charge on any atom is -0.497 e. The number of hydrogen-bond donors (Lipinski definition) is 0. The van der Waals surface area contributed by atoms with Crippen LogP contribution < -0.4 is 4.74 Å². The first-order chi connectivity index (χ1) is 15.3. The maximum Gasteiger partial charge on any atom is 0.254 e. The highest BCUT2D eigenvalue weighted by Crippen LogP contribution is 2.36. The van der Waals surface area contributed by atoms with Gasteiger partial charge in [0.2, 0.25) is 10.0 Å². The van der Waals surface area contributed by atoms with Crippen molar-refractivity contribution in [2.45, 2.75) is 43.5 Å². The van der Waals surface area contributed by atoms with Gasteiger partial charge < -0.3 is 9.64 Å². The molecule has 2 aromatic rings. The number of halogens is 1. The van der Waals surface area contributed by atoms with Crippen LogP contribution in [0.5, 0.6) is 5.75 Å². The molecule has 4 rings (SSSR count). The molecule has 8 heteroatoms. The molecule has 0 aliphatic carbocycles. The number of nitrogens with zero attached hydrogens (tertiary/aromatic N) is 2. The Hall–Kier alpha value is -2.09. The molecule has 2 aliphatic heterocycles. The van der Waals surface area contributed by atoms with E-state index in [1.54, 1.807) is 13.2 Å². The number of carbonyl (C=O) groups excluding carboxylic acids is 1. The Morgan fingerprint density at radius 3 is 2.62 bits per heavy atom. The predicted octanol–water partition coefficient (Wildman–Crippen LogP) is 4.75. The molecular formula is C24H29ClN2O4S. The second-order valence-electron chi connectivity index (χ2n) is 8.69. The number of likely N-dealkylation sites (tertiary alicyclic amines) is 1. The Morgan fingerprint density at radius 1 is 1.09 bits per heavy atom. The summed E-state index contributed by atoms with van der Waals surface area (Å²) in [5.41, 5.74) is 1.35. The molecule has 6 nitrogen and oxygen atoms in total. The number of ether oxygens (including phenoxy) is 1. The van der Waals surface area contributed by atoms with E-state index in [4.69, 9.17) is 16.3 Å². The zero-order valence-electron chi connectivity index (χ0n) is 18.5. The molecular weight excluding hydrogens is 448 g/mol. The molecule has 172 valence electrons. The lowest BCUT2D eigenvalue weighted by molar-refractivity contribution is 0.0735. The van der Waals surface area contributed by atoms with E-state index in [9.17, 15) is 13.2 Å². The van der Waals surface area contributed by atoms with Crippen molar-refractivity contribution in [1.29, 1.82) is 0 Å². The predicted molar refractivity (Wildman–Crippen MR) is 125 cm³/mol. The fourth-order valence-electron chi connectivity index (χ4n) is 4.71. The van der Waals surface area contributed by atoms with Crippen molar-refractivity contribution in [3.05, 3.63) is 58.6 Å². The molecule has 0 radical (unpaired) electrons. The summed E-state index contributed by atoms with van der Waals surface area (Å²) in [4.78, 5) is 15.3. The number of sulfonamides is 1. The number of piperidine rings is 1. The summed E-state index contributed by atoms with van der Waals surface area (Å²) in [5.74, 6) is 0.864. The molecule has 2 heterocycles. The van der Waals surface area contributed by atoms with Gasteiger partial charge in [0, 0.05) is 25.2 Å². The third kappa shape index (κ3) is 4.51. The smallest absolute Gasteiger partial charge is 0.254 e. The summed E-state index contributed by atoms with van der Waals surface area (Å²) in [5, 5.41) is 0.144. The van der Waals surface area contributed by atoms with Gasteiger partial charge in [0.05, 0.1) is 18.2 Å². The lowest BCUT2D eigenvalue weighted by atomic mass is 10.0. The normalized spacial score (nSPS) is 22.2. The second kappa shape index (κ2) is 9.41. The van der Waals surface area contributed by atoms with Crippen LogP contribution in [0.2, 0.25) is 5.02 Å². The Morgan fingerprint density at radius 2 is 1.88 bits per heavy atom. The molecule has 2 aromatic carbocycles. The van der Waals surface area contributed by atoms with Gasteiger partial charge in [0.15, 0.2) is 0 Å². The van der Waals surface area contributed by atoms with Gasteiger partial charge in [-0.15, -0.1) is 0 Å². The SMILES string of the molecule is COc1cccc(C2CCCN2C(=O)c2ccc(Cl)c(S(=O)(=O)N3CCCC(C)C3)c2)c1. The summed E-state index contributed by atoms with van der Waals surface area (Å²) in [7, 11) is -2.15. The number of hydrogen-bond acceptors (Lipinski definition) is 4. The number of benzene rings is 2. The topological polar surface area (TPSA) is 66.9 Å². The molecule has 0 N–H and O–H groups in total. The largest absolute Gasteiger partial charge is 0.497 e. The van der Waals surface area contributed by atoms with Gasteiger partial charge in [-0.25, -0.2) is 8.42 Å². The van der Waals surface area contributed by atoms with Gasteiger partial charge in [-0.3, -0.25) is 4.79 Å². The van der Waals surface area contributed by atoms with Crippen molar-refractivity contribution >= 4 is 27.5 Å². The average molecular weight is 477 g/mol. The van der Waals surface area contributed by atoms with E-state index in [2.05, 4.69) is 6.92 Å². The zero-order chi connectivity index (χ0) is 22.9. The lowest BCUT2D eigenvalue weighted by Crippen LogP contribution is -2.39. The van der Waals surface area contributed by atoms with Crippen LogP contribution in [0.1, 0.15) is 54.6 Å². The highest BCUT2D eigenvalue weighted by Gasteiger charge is 2.34. The summed E-state index contributed by atoms with van der Waals surface area (Å²) in [6.45, 7) is 3.62. The maximum absolute atomic E-state index is 13.4. The number of methoxy groups -OCH3 is 1. The van der Waals surface area contributed by atoms with Gasteiger partial charge >= 0.3 is 0 Å². The standard InChI is InChI=1S/C24H29ClN2O4S/c1-17-6-4-12-26(16-17)32(29,30)23-15-19(10-11-21(23)25)24(28)27-13-5-9-22(27)18-7-3-8-20(14-18)31-2/h3,7-8,10-11,14-15,17,22H,4-6,9,12-13,16H2,1-2H3. The van der Waals surface area contributed by atoms with Crippen molar-refractivity contribution in [3.63, 3.8) is 0 Å². The molecule has 2 saturated heterocycles. The van der Waals surface area contributed by atoms with Crippen molar-refractivity contribution in [2.24, 2.45) is 5.92 Å². The zero-order valence-corrected chi connectivity index (χ0v) is 20.0. The first kappa shape index (κ1) is 23.1. The monoisotopic (exact) mass is 476 g/mol. The first-order valence-corrected chi connectivity index (χ1v) is 12.9. The molecule has 0 saturated carbocycles. The second-order valence-corrected chi connectivity index (χ2v) is 11.0. The van der Waals surface area contributed by atoms with Crippen LogP contribution in [-0.2, 0) is 10.0 Å². The van der Waals surface area contributed by atoms with E-state index in [1.165, 1.54) is 16.4 Å². The minimum atomic E-state index is -3.77. The highest BCUT2D eigenvalue weighted by atomic mass is 35.5. The molecule has 1 amide bonds. The summed E-state index contributed by atoms with van der Waals surface area (Å²) < 4.78 is 33.4. The molecule has 2 fully saturated rings. The van der Waals surface area contributed by atoms with Crippen molar-refractivity contribution in [3.8, 4) is 5.75 Å². The molecule has 32 heavy (non-hydrogen) atoms. The quantitative estimate of drug-likeness (QED) is 0.624. The molecule has 2 atom stereocenters. The summed E-state index contributed by atoms with van der Waals surface area (Å²) in [6.07, 6.45) is 3.58. The molecule has 2 unspecified atom stereocenters. The Kier molecular flexibility index (Phi) is 6.79. The fraction of sp³-hybridized carbons (Fsp3) is 0.458. The summed E-state index contributed by atoms with van der Waals surface area (Å²) in [6, 6.07) is 12.2. The molecule has 0 spiro atoms. The molecule has 0 bridgehead atoms. The fourth-order valence-corrected chi connectivity index (χ4v) is 6.81. The van der Waals surface area contributed by atoms with E-state index in [-0.39, 0.29) is 21.9 Å². The van der Waals surface area contributed by atoms with Gasteiger partial charge in [-0.2, -0.15) is 4.31 Å².